The van der Waals surface area contributed by atoms with Crippen molar-refractivity contribution in [2.75, 3.05) is 5.43 Å². The molecule has 0 saturated heterocycles. The smallest absolute Gasteiger partial charge is 0.305 e. The van der Waals surface area contributed by atoms with Gasteiger partial charge in [-0.15, -0.1) is 11.3 Å². The van der Waals surface area contributed by atoms with Gasteiger partial charge in [-0.05, 0) is 55.6 Å². The number of aryl methyl sites for hydroxylation is 2. The maximum Gasteiger partial charge on any atom is 0.305 e. The number of carbonyl (C=O) groups is 1. The van der Waals surface area contributed by atoms with Crippen molar-refractivity contribution < 1.29 is 9.21 Å². The lowest BCUT2D eigenvalue weighted by Crippen LogP contribution is -2.34. The number of aromatic amines is 1. The number of fused-ring (bicyclic) bond motifs is 3. The van der Waals surface area contributed by atoms with E-state index in [4.69, 9.17) is 16.6 Å². The van der Waals surface area contributed by atoms with E-state index in [2.05, 4.69) is 10.4 Å². The summed E-state index contributed by atoms with van der Waals surface area (Å²) in [5.41, 5.74) is 3.31. The molecule has 0 radical (unpaired) electrons. The Balaban J connectivity index is 1.85. The Morgan fingerprint density at radius 1 is 1.39 bits per heavy atom. The van der Waals surface area contributed by atoms with E-state index in [1.54, 1.807) is 17.4 Å². The van der Waals surface area contributed by atoms with E-state index in [1.807, 2.05) is 0 Å². The summed E-state index contributed by atoms with van der Waals surface area (Å²) in [6.45, 7) is 0. The van der Waals surface area contributed by atoms with Crippen LogP contribution >= 0.6 is 23.6 Å². The van der Waals surface area contributed by atoms with Gasteiger partial charge in [0.2, 0.25) is 4.77 Å². The maximum absolute atomic E-state index is 12.8. The van der Waals surface area contributed by atoms with E-state index in [9.17, 15) is 9.59 Å². The molecule has 0 unspecified atom stereocenters. The number of aromatic nitrogens is 2. The van der Waals surface area contributed by atoms with Crippen LogP contribution in [0.2, 0.25) is 0 Å². The van der Waals surface area contributed by atoms with Gasteiger partial charge in [-0.25, -0.2) is 0 Å². The number of amides is 1. The molecule has 0 atom stereocenters. The number of thiophene rings is 1. The quantitative estimate of drug-likeness (QED) is 0.699. The second kappa shape index (κ2) is 5.47. The van der Waals surface area contributed by atoms with Crippen molar-refractivity contribution in [2.24, 2.45) is 0 Å². The Bertz CT molecular complexity index is 1010. The van der Waals surface area contributed by atoms with Crippen LogP contribution in [0.1, 0.15) is 33.8 Å². The molecule has 1 amide bonds. The van der Waals surface area contributed by atoms with Crippen molar-refractivity contribution in [3.63, 3.8) is 0 Å². The number of rotatable bonds is 2. The van der Waals surface area contributed by atoms with E-state index in [1.165, 1.54) is 17.2 Å². The molecular formula is C15H13N3O3S2. The SMILES string of the molecule is O=C(Nn1c(=S)[nH]c2sc3c(c2c1=O)CCCC3)c1ccco1. The second-order valence-corrected chi connectivity index (χ2v) is 6.90. The van der Waals surface area contributed by atoms with Crippen LogP contribution in [-0.2, 0) is 12.8 Å². The van der Waals surface area contributed by atoms with E-state index >= 15 is 0 Å². The molecule has 0 aromatic carbocycles. The molecular weight excluding hydrogens is 334 g/mol. The molecule has 0 spiro atoms. The predicted molar refractivity (Wildman–Crippen MR) is 90.3 cm³/mol. The lowest BCUT2D eigenvalue weighted by molar-refractivity contribution is 0.0980. The average molecular weight is 347 g/mol. The van der Waals surface area contributed by atoms with Gasteiger partial charge in [0.25, 0.3) is 5.56 Å². The topological polar surface area (TPSA) is 80.0 Å². The maximum atomic E-state index is 12.8. The minimum absolute atomic E-state index is 0.124. The molecule has 3 aromatic heterocycles. The van der Waals surface area contributed by atoms with Crippen LogP contribution in [0.25, 0.3) is 10.2 Å². The van der Waals surface area contributed by atoms with Gasteiger partial charge >= 0.3 is 5.91 Å². The van der Waals surface area contributed by atoms with Crippen LogP contribution in [0.3, 0.4) is 0 Å². The fourth-order valence-corrected chi connectivity index (χ4v) is 4.48. The molecule has 2 N–H and O–H groups in total. The molecule has 0 aliphatic heterocycles. The average Bonchev–Trinajstić information content (AvgIpc) is 3.18. The summed E-state index contributed by atoms with van der Waals surface area (Å²) in [5.74, 6) is -0.390. The van der Waals surface area contributed by atoms with Gasteiger partial charge in [0.15, 0.2) is 5.76 Å². The molecule has 118 valence electrons. The predicted octanol–water partition coefficient (Wildman–Crippen LogP) is 2.98. The van der Waals surface area contributed by atoms with Gasteiger partial charge in [0, 0.05) is 4.88 Å². The Kier molecular flexibility index (Phi) is 3.42. The summed E-state index contributed by atoms with van der Waals surface area (Å²) >= 11 is 6.81. The number of carbonyl (C=O) groups excluding carboxylic acids is 1. The van der Waals surface area contributed by atoms with Crippen LogP contribution in [-0.4, -0.2) is 15.6 Å². The molecule has 6 nitrogen and oxygen atoms in total. The normalized spacial score (nSPS) is 13.9. The van der Waals surface area contributed by atoms with Gasteiger partial charge < -0.3 is 9.40 Å². The second-order valence-electron chi connectivity index (χ2n) is 5.40. The lowest BCUT2D eigenvalue weighted by atomic mass is 9.97. The Morgan fingerprint density at radius 3 is 3.00 bits per heavy atom. The van der Waals surface area contributed by atoms with Crippen molar-refractivity contribution in [3.05, 3.63) is 49.7 Å². The van der Waals surface area contributed by atoms with Gasteiger partial charge in [-0.1, -0.05) is 0 Å². The molecule has 8 heteroatoms. The van der Waals surface area contributed by atoms with Crippen LogP contribution in [0, 0.1) is 4.77 Å². The Labute approximate surface area is 139 Å². The first-order chi connectivity index (χ1) is 11.1. The monoisotopic (exact) mass is 347 g/mol. The highest BCUT2D eigenvalue weighted by Gasteiger charge is 2.21. The third kappa shape index (κ3) is 2.34. The van der Waals surface area contributed by atoms with Crippen molar-refractivity contribution in [3.8, 4) is 0 Å². The molecule has 0 fully saturated rings. The first-order valence-electron chi connectivity index (χ1n) is 7.29. The van der Waals surface area contributed by atoms with Gasteiger partial charge in [0.1, 0.15) is 4.83 Å². The zero-order valence-electron chi connectivity index (χ0n) is 12.0. The zero-order valence-corrected chi connectivity index (χ0v) is 13.7. The minimum Gasteiger partial charge on any atom is -0.459 e. The highest BCUT2D eigenvalue weighted by atomic mass is 32.1. The Hall–Kier alpha value is -2.19. The zero-order chi connectivity index (χ0) is 16.0. The summed E-state index contributed by atoms with van der Waals surface area (Å²) in [5, 5.41) is 0.637. The number of nitrogens with one attached hydrogen (secondary N) is 2. The Morgan fingerprint density at radius 2 is 2.22 bits per heavy atom. The summed E-state index contributed by atoms with van der Waals surface area (Å²) in [7, 11) is 0. The number of nitrogens with zero attached hydrogens (tertiary/aromatic N) is 1. The van der Waals surface area contributed by atoms with Crippen LogP contribution in [0.4, 0.5) is 0 Å². The molecule has 4 rings (SSSR count). The van der Waals surface area contributed by atoms with Crippen molar-refractivity contribution >= 4 is 39.7 Å². The van der Waals surface area contributed by atoms with Gasteiger partial charge in [-0.2, -0.15) is 4.68 Å². The minimum atomic E-state index is -0.514. The van der Waals surface area contributed by atoms with E-state index < -0.39 is 5.91 Å². The van der Waals surface area contributed by atoms with Crippen LogP contribution < -0.4 is 11.0 Å². The molecule has 23 heavy (non-hydrogen) atoms. The first kappa shape index (κ1) is 14.4. The fraction of sp³-hybridized carbons (Fsp3) is 0.267. The number of furan rings is 1. The van der Waals surface area contributed by atoms with E-state index in [0.29, 0.717) is 5.39 Å². The molecule has 3 heterocycles. The first-order valence-corrected chi connectivity index (χ1v) is 8.52. The molecule has 1 aliphatic rings. The third-order valence-corrected chi connectivity index (χ3v) is 5.46. The molecule has 0 saturated carbocycles. The van der Waals surface area contributed by atoms with Crippen molar-refractivity contribution in [1.29, 1.82) is 0 Å². The van der Waals surface area contributed by atoms with Crippen LogP contribution in [0.15, 0.2) is 27.6 Å². The largest absolute Gasteiger partial charge is 0.459 e. The standard InChI is InChI=1S/C15H13N3O3S2/c19-12(9-5-3-7-21-9)17-18-14(20)11-8-4-1-2-6-10(8)23-13(11)16-15(18)22/h3,5,7H,1-2,4,6H2,(H,16,22)(H,17,19). The molecule has 0 bridgehead atoms. The van der Waals surface area contributed by atoms with Crippen molar-refractivity contribution in [1.82, 2.24) is 9.66 Å². The number of hydrogen-bond donors (Lipinski definition) is 2. The number of hydrogen-bond acceptors (Lipinski definition) is 5. The summed E-state index contributed by atoms with van der Waals surface area (Å²) in [6, 6.07) is 3.13. The highest BCUT2D eigenvalue weighted by molar-refractivity contribution is 7.71. The third-order valence-electron chi connectivity index (χ3n) is 3.97. The summed E-state index contributed by atoms with van der Waals surface area (Å²) in [4.78, 5) is 30.0. The van der Waals surface area contributed by atoms with E-state index in [-0.39, 0.29) is 16.1 Å². The molecule has 3 aromatic rings. The summed E-state index contributed by atoms with van der Waals surface area (Å²) < 4.78 is 6.30. The summed E-state index contributed by atoms with van der Waals surface area (Å²) in [6.07, 6.45) is 5.50. The fourth-order valence-electron chi connectivity index (χ4n) is 2.90. The van der Waals surface area contributed by atoms with Gasteiger partial charge in [-0.3, -0.25) is 15.0 Å². The van der Waals surface area contributed by atoms with Crippen LogP contribution in [0.5, 0.6) is 0 Å². The van der Waals surface area contributed by atoms with Gasteiger partial charge in [0.05, 0.1) is 11.6 Å². The van der Waals surface area contributed by atoms with Crippen molar-refractivity contribution in [2.45, 2.75) is 25.7 Å². The highest BCUT2D eigenvalue weighted by Crippen LogP contribution is 2.33. The lowest BCUT2D eigenvalue weighted by Gasteiger charge is -2.11. The van der Waals surface area contributed by atoms with E-state index in [0.717, 1.165) is 40.8 Å². The molecule has 1 aliphatic carbocycles. The number of H-pyrrole nitrogens is 1.